The number of amides is 3. The first kappa shape index (κ1) is 12.8. The van der Waals surface area contributed by atoms with E-state index in [1.165, 1.54) is 0 Å². The lowest BCUT2D eigenvalue weighted by molar-refractivity contribution is -0.136. The van der Waals surface area contributed by atoms with Gasteiger partial charge < -0.3 is 4.90 Å². The van der Waals surface area contributed by atoms with E-state index in [2.05, 4.69) is 5.32 Å². The molecule has 1 saturated heterocycles. The molecule has 0 aliphatic carbocycles. The van der Waals surface area contributed by atoms with Gasteiger partial charge in [-0.05, 0) is 43.0 Å². The monoisotopic (exact) mass is 272 g/mol. The normalized spacial score (nSPS) is 22.0. The molecule has 2 aliphatic rings. The van der Waals surface area contributed by atoms with Crippen molar-refractivity contribution in [2.75, 3.05) is 0 Å². The molecule has 0 bridgehead atoms. The summed E-state index contributed by atoms with van der Waals surface area (Å²) in [6.07, 6.45) is 0.691. The van der Waals surface area contributed by atoms with E-state index >= 15 is 0 Å². The molecule has 1 aromatic rings. The van der Waals surface area contributed by atoms with Crippen molar-refractivity contribution >= 4 is 17.7 Å². The minimum atomic E-state index is -0.535. The maximum absolute atomic E-state index is 12.4. The first-order chi connectivity index (χ1) is 9.49. The third-order valence-corrected chi connectivity index (χ3v) is 4.28. The van der Waals surface area contributed by atoms with Gasteiger partial charge in [0.15, 0.2) is 0 Å². The molecule has 2 aliphatic heterocycles. The summed E-state index contributed by atoms with van der Waals surface area (Å²) in [5, 5.41) is 2.31. The molecule has 0 spiro atoms. The van der Waals surface area contributed by atoms with Crippen LogP contribution < -0.4 is 5.32 Å². The fraction of sp³-hybridized carbons (Fsp3) is 0.400. The Bertz CT molecular complexity index is 636. The Morgan fingerprint density at radius 3 is 2.65 bits per heavy atom. The average molecular weight is 272 g/mol. The second-order valence-electron chi connectivity index (χ2n) is 5.43. The molecule has 3 amide bonds. The predicted molar refractivity (Wildman–Crippen MR) is 72.0 cm³/mol. The lowest BCUT2D eigenvalue weighted by Gasteiger charge is -2.29. The molecule has 5 nitrogen and oxygen atoms in total. The highest BCUT2D eigenvalue weighted by Gasteiger charge is 2.39. The zero-order chi connectivity index (χ0) is 14.4. The molecule has 20 heavy (non-hydrogen) atoms. The van der Waals surface area contributed by atoms with E-state index in [1.54, 1.807) is 4.90 Å². The quantitative estimate of drug-likeness (QED) is 0.777. The minimum Gasteiger partial charge on any atom is -0.322 e. The van der Waals surface area contributed by atoms with Gasteiger partial charge in [-0.2, -0.15) is 0 Å². The van der Waals surface area contributed by atoms with E-state index in [1.807, 2.05) is 26.0 Å². The van der Waals surface area contributed by atoms with Crippen LogP contribution in [0.4, 0.5) is 0 Å². The largest absolute Gasteiger partial charge is 0.322 e. The van der Waals surface area contributed by atoms with Crippen LogP contribution in [0.25, 0.3) is 0 Å². The fourth-order valence-corrected chi connectivity index (χ4v) is 2.91. The predicted octanol–water partition coefficient (Wildman–Crippen LogP) is 1.06. The first-order valence-corrected chi connectivity index (χ1v) is 6.73. The highest BCUT2D eigenvalue weighted by Crippen LogP contribution is 2.30. The molecule has 1 aromatic carbocycles. The van der Waals surface area contributed by atoms with Crippen LogP contribution in [-0.2, 0) is 16.1 Å². The van der Waals surface area contributed by atoms with Crippen molar-refractivity contribution in [2.45, 2.75) is 39.3 Å². The van der Waals surface area contributed by atoms with Crippen LogP contribution in [0.3, 0.4) is 0 Å². The molecule has 1 unspecified atom stereocenters. The smallest absolute Gasteiger partial charge is 0.255 e. The number of aryl methyl sites for hydroxylation is 1. The molecule has 1 fully saturated rings. The average Bonchev–Trinajstić information content (AvgIpc) is 2.72. The van der Waals surface area contributed by atoms with E-state index in [0.717, 1.165) is 16.7 Å². The number of piperidine rings is 1. The standard InChI is InChI=1S/C15H16N2O3/c1-8-3-4-10-11(9(8)2)7-17(15(10)20)12-5-6-13(18)16-14(12)19/h3-4,12H,5-7H2,1-2H3,(H,16,18,19). The van der Waals surface area contributed by atoms with Gasteiger partial charge in [-0.15, -0.1) is 0 Å². The van der Waals surface area contributed by atoms with Crippen LogP contribution in [0.15, 0.2) is 12.1 Å². The number of hydrogen-bond donors (Lipinski definition) is 1. The third-order valence-electron chi connectivity index (χ3n) is 4.28. The topological polar surface area (TPSA) is 66.5 Å². The number of carbonyl (C=O) groups is 3. The Morgan fingerprint density at radius 1 is 1.20 bits per heavy atom. The number of fused-ring (bicyclic) bond motifs is 1. The van der Waals surface area contributed by atoms with Crippen molar-refractivity contribution in [1.82, 2.24) is 10.2 Å². The molecular weight excluding hydrogens is 256 g/mol. The van der Waals surface area contributed by atoms with Crippen molar-refractivity contribution in [3.05, 3.63) is 34.4 Å². The molecule has 5 heteroatoms. The summed E-state index contributed by atoms with van der Waals surface area (Å²) < 4.78 is 0. The van der Waals surface area contributed by atoms with Crippen LogP contribution in [0.2, 0.25) is 0 Å². The van der Waals surface area contributed by atoms with Crippen molar-refractivity contribution < 1.29 is 14.4 Å². The summed E-state index contributed by atoms with van der Waals surface area (Å²) in [6, 6.07) is 3.22. The van der Waals surface area contributed by atoms with E-state index < -0.39 is 6.04 Å². The summed E-state index contributed by atoms with van der Waals surface area (Å²) in [5.74, 6) is -0.739. The molecule has 3 rings (SSSR count). The van der Waals surface area contributed by atoms with Gasteiger partial charge in [0.2, 0.25) is 11.8 Å². The Balaban J connectivity index is 1.92. The number of nitrogens with one attached hydrogen (secondary N) is 1. The fourth-order valence-electron chi connectivity index (χ4n) is 2.91. The zero-order valence-corrected chi connectivity index (χ0v) is 11.5. The Hall–Kier alpha value is -2.17. The molecule has 0 aromatic heterocycles. The molecule has 1 atom stereocenters. The maximum atomic E-state index is 12.4. The van der Waals surface area contributed by atoms with Crippen LogP contribution in [0, 0.1) is 13.8 Å². The van der Waals surface area contributed by atoms with Crippen molar-refractivity contribution in [3.63, 3.8) is 0 Å². The van der Waals surface area contributed by atoms with Crippen molar-refractivity contribution in [3.8, 4) is 0 Å². The number of nitrogens with zero attached hydrogens (tertiary/aromatic N) is 1. The highest BCUT2D eigenvalue weighted by molar-refractivity contribution is 6.05. The second kappa shape index (κ2) is 4.44. The highest BCUT2D eigenvalue weighted by atomic mass is 16.2. The molecule has 2 heterocycles. The first-order valence-electron chi connectivity index (χ1n) is 6.73. The van der Waals surface area contributed by atoms with E-state index in [0.29, 0.717) is 18.5 Å². The van der Waals surface area contributed by atoms with Gasteiger partial charge in [0.1, 0.15) is 6.04 Å². The maximum Gasteiger partial charge on any atom is 0.255 e. The number of rotatable bonds is 1. The molecular formula is C15H16N2O3. The second-order valence-corrected chi connectivity index (χ2v) is 5.43. The van der Waals surface area contributed by atoms with E-state index in [4.69, 9.17) is 0 Å². The van der Waals surface area contributed by atoms with E-state index in [9.17, 15) is 14.4 Å². The lowest BCUT2D eigenvalue weighted by atomic mass is 10.00. The number of imide groups is 1. The summed E-state index contributed by atoms with van der Waals surface area (Å²) in [7, 11) is 0. The zero-order valence-electron chi connectivity index (χ0n) is 11.5. The molecule has 104 valence electrons. The van der Waals surface area contributed by atoms with Crippen LogP contribution in [0.1, 0.15) is 39.9 Å². The minimum absolute atomic E-state index is 0.113. The number of carbonyl (C=O) groups excluding carboxylic acids is 3. The van der Waals surface area contributed by atoms with E-state index in [-0.39, 0.29) is 24.1 Å². The van der Waals surface area contributed by atoms with Crippen molar-refractivity contribution in [2.24, 2.45) is 0 Å². The summed E-state index contributed by atoms with van der Waals surface area (Å²) in [6.45, 7) is 4.46. The van der Waals surface area contributed by atoms with Gasteiger partial charge in [0.25, 0.3) is 5.91 Å². The summed E-state index contributed by atoms with van der Waals surface area (Å²) >= 11 is 0. The summed E-state index contributed by atoms with van der Waals surface area (Å²) in [4.78, 5) is 37.1. The summed E-state index contributed by atoms with van der Waals surface area (Å²) in [5.41, 5.74) is 3.92. The van der Waals surface area contributed by atoms with Gasteiger partial charge in [0, 0.05) is 18.5 Å². The van der Waals surface area contributed by atoms with Gasteiger partial charge in [-0.1, -0.05) is 6.07 Å². The molecule has 0 radical (unpaired) electrons. The van der Waals surface area contributed by atoms with Crippen LogP contribution in [-0.4, -0.2) is 28.7 Å². The Labute approximate surface area is 116 Å². The van der Waals surface area contributed by atoms with Crippen LogP contribution in [0.5, 0.6) is 0 Å². The van der Waals surface area contributed by atoms with Gasteiger partial charge >= 0.3 is 0 Å². The van der Waals surface area contributed by atoms with Gasteiger partial charge in [-0.3, -0.25) is 19.7 Å². The number of benzene rings is 1. The van der Waals surface area contributed by atoms with Crippen LogP contribution >= 0.6 is 0 Å². The molecule has 1 N–H and O–H groups in total. The Kier molecular flexibility index (Phi) is 2.85. The van der Waals surface area contributed by atoms with Crippen molar-refractivity contribution in [1.29, 1.82) is 0 Å². The molecule has 0 saturated carbocycles. The lowest BCUT2D eigenvalue weighted by Crippen LogP contribution is -2.52. The SMILES string of the molecule is Cc1ccc2c(c1C)CN(C1CCC(=O)NC1=O)C2=O. The van der Waals surface area contributed by atoms with Gasteiger partial charge in [-0.25, -0.2) is 0 Å². The Morgan fingerprint density at radius 2 is 1.95 bits per heavy atom. The third kappa shape index (κ3) is 1.81. The van der Waals surface area contributed by atoms with Gasteiger partial charge in [0.05, 0.1) is 0 Å². The number of hydrogen-bond acceptors (Lipinski definition) is 3.